The molecule has 68 valence electrons. The Kier molecular flexibility index (Phi) is 4.03. The molecule has 5 heteroatoms. The summed E-state index contributed by atoms with van der Waals surface area (Å²) >= 11 is 5.17. The monoisotopic (exact) mass is 197 g/mol. The minimum Gasteiger partial charge on any atom is -0.252 e. The van der Waals surface area contributed by atoms with Crippen molar-refractivity contribution in [2.75, 3.05) is 0 Å². The molecule has 0 saturated carbocycles. The lowest BCUT2D eigenvalue weighted by atomic mass is 10.2. The second-order valence-corrected chi connectivity index (χ2v) is 2.22. The van der Waals surface area contributed by atoms with Gasteiger partial charge < -0.3 is 0 Å². The molecule has 0 heterocycles. The van der Waals surface area contributed by atoms with Crippen molar-refractivity contribution in [1.82, 2.24) is 0 Å². The third-order valence-electron chi connectivity index (χ3n) is 1.000. The molecule has 0 spiro atoms. The molecule has 0 aromatic rings. The highest BCUT2D eigenvalue weighted by molar-refractivity contribution is 6.30. The average Bonchev–Trinajstić information content (AvgIpc) is 1.96. The summed E-state index contributed by atoms with van der Waals surface area (Å²) < 4.78 is 36.2. The maximum Gasteiger partial charge on any atom is 0.419 e. The van der Waals surface area contributed by atoms with Crippen LogP contribution >= 0.6 is 11.6 Å². The van der Waals surface area contributed by atoms with Gasteiger partial charge in [-0.3, -0.25) is 4.99 Å². The molecular weight excluding hydrogens is 191 g/mol. The van der Waals surface area contributed by atoms with E-state index in [4.69, 9.17) is 11.6 Å². The first-order chi connectivity index (χ1) is 5.43. The number of alkyl halides is 3. The minimum absolute atomic E-state index is 0.638. The molecule has 0 rings (SSSR count). The van der Waals surface area contributed by atoms with Gasteiger partial charge in [-0.2, -0.15) is 13.2 Å². The highest BCUT2D eigenvalue weighted by Crippen LogP contribution is 2.30. The molecule has 0 aliphatic carbocycles. The van der Waals surface area contributed by atoms with Crippen LogP contribution in [0.3, 0.4) is 0 Å². The largest absolute Gasteiger partial charge is 0.419 e. The SMILES string of the molecule is C=N/C(Cl)=C(\C=C/C)C(F)(F)F. The van der Waals surface area contributed by atoms with Crippen LogP contribution in [0.1, 0.15) is 6.92 Å². The lowest BCUT2D eigenvalue weighted by Crippen LogP contribution is -2.10. The smallest absolute Gasteiger partial charge is 0.252 e. The zero-order valence-electron chi connectivity index (χ0n) is 6.32. The maximum atomic E-state index is 12.1. The van der Waals surface area contributed by atoms with Gasteiger partial charge in [0.2, 0.25) is 0 Å². The van der Waals surface area contributed by atoms with Crippen LogP contribution < -0.4 is 0 Å². The second-order valence-electron chi connectivity index (χ2n) is 1.86. The van der Waals surface area contributed by atoms with Gasteiger partial charge in [-0.05, 0) is 13.6 Å². The Balaban J connectivity index is 5.05. The Morgan fingerprint density at radius 3 is 2.25 bits per heavy atom. The van der Waals surface area contributed by atoms with Crippen molar-refractivity contribution in [1.29, 1.82) is 0 Å². The highest BCUT2D eigenvalue weighted by atomic mass is 35.5. The summed E-state index contributed by atoms with van der Waals surface area (Å²) in [5.41, 5.74) is -0.985. The van der Waals surface area contributed by atoms with E-state index < -0.39 is 16.9 Å². The molecule has 1 nitrogen and oxygen atoms in total. The van der Waals surface area contributed by atoms with Crippen LogP contribution in [-0.2, 0) is 0 Å². The molecule has 0 aliphatic rings. The quantitative estimate of drug-likeness (QED) is 0.366. The summed E-state index contributed by atoms with van der Waals surface area (Å²) in [5, 5.41) is -0.638. The van der Waals surface area contributed by atoms with Crippen LogP contribution in [0.25, 0.3) is 0 Å². The van der Waals surface area contributed by atoms with E-state index in [0.717, 1.165) is 6.08 Å². The Hall–Kier alpha value is -0.770. The van der Waals surface area contributed by atoms with E-state index in [9.17, 15) is 13.2 Å². The van der Waals surface area contributed by atoms with Crippen molar-refractivity contribution in [3.8, 4) is 0 Å². The van der Waals surface area contributed by atoms with Gasteiger partial charge in [0.25, 0.3) is 0 Å². The number of aliphatic imine (C=N–C) groups is 1. The molecular formula is C7H7ClF3N. The molecule has 0 aliphatic heterocycles. The summed E-state index contributed by atoms with van der Waals surface area (Å²) in [6.07, 6.45) is -2.40. The number of allylic oxidation sites excluding steroid dienone is 3. The van der Waals surface area contributed by atoms with E-state index in [1.54, 1.807) is 0 Å². The van der Waals surface area contributed by atoms with Gasteiger partial charge >= 0.3 is 6.18 Å². The van der Waals surface area contributed by atoms with Crippen LogP contribution in [0.15, 0.2) is 27.9 Å². The standard InChI is InChI=1S/C7H7ClF3N/c1-3-4-5(6(8)12-2)7(9,10)11/h3-4H,2H2,1H3/b4-3-,6-5+. The molecule has 0 aromatic heterocycles. The Morgan fingerprint density at radius 2 is 2.00 bits per heavy atom. The van der Waals surface area contributed by atoms with Crippen LogP contribution in [-0.4, -0.2) is 12.9 Å². The van der Waals surface area contributed by atoms with E-state index in [1.807, 2.05) is 0 Å². The number of hydrogen-bond donors (Lipinski definition) is 0. The van der Waals surface area contributed by atoms with Crippen LogP contribution in [0.5, 0.6) is 0 Å². The topological polar surface area (TPSA) is 12.4 Å². The third-order valence-corrected chi connectivity index (χ3v) is 1.32. The molecule has 0 unspecified atom stereocenters. The van der Waals surface area contributed by atoms with Crippen LogP contribution in [0.2, 0.25) is 0 Å². The number of hydrogen-bond acceptors (Lipinski definition) is 1. The summed E-state index contributed by atoms with van der Waals surface area (Å²) in [7, 11) is 0. The van der Waals surface area contributed by atoms with E-state index in [-0.39, 0.29) is 0 Å². The predicted octanol–water partition coefficient (Wildman–Crippen LogP) is 3.28. The van der Waals surface area contributed by atoms with Crippen molar-refractivity contribution in [2.24, 2.45) is 4.99 Å². The first-order valence-electron chi connectivity index (χ1n) is 3.00. The highest BCUT2D eigenvalue weighted by Gasteiger charge is 2.34. The van der Waals surface area contributed by atoms with Crippen molar-refractivity contribution in [3.63, 3.8) is 0 Å². The third kappa shape index (κ3) is 3.09. The van der Waals surface area contributed by atoms with E-state index in [2.05, 4.69) is 11.7 Å². The van der Waals surface area contributed by atoms with E-state index in [0.29, 0.717) is 0 Å². The average molecular weight is 198 g/mol. The molecule has 0 atom stereocenters. The first-order valence-corrected chi connectivity index (χ1v) is 3.37. The molecule has 12 heavy (non-hydrogen) atoms. The zero-order chi connectivity index (χ0) is 9.78. The lowest BCUT2D eigenvalue weighted by molar-refractivity contribution is -0.0886. The number of rotatable bonds is 2. The number of halogens is 4. The normalized spacial score (nSPS) is 14.8. The van der Waals surface area contributed by atoms with Crippen molar-refractivity contribution >= 4 is 18.3 Å². The van der Waals surface area contributed by atoms with Gasteiger partial charge in [0, 0.05) is 0 Å². The van der Waals surface area contributed by atoms with Gasteiger partial charge in [-0.1, -0.05) is 23.8 Å². The Bertz CT molecular complexity index is 227. The van der Waals surface area contributed by atoms with Gasteiger partial charge in [-0.15, -0.1) is 0 Å². The molecule has 0 bridgehead atoms. The molecule has 0 fully saturated rings. The van der Waals surface area contributed by atoms with Crippen LogP contribution in [0.4, 0.5) is 13.2 Å². The fourth-order valence-corrected chi connectivity index (χ4v) is 0.702. The van der Waals surface area contributed by atoms with Gasteiger partial charge in [0.05, 0.1) is 5.57 Å². The minimum atomic E-state index is -4.48. The van der Waals surface area contributed by atoms with E-state index >= 15 is 0 Å². The Morgan fingerprint density at radius 1 is 1.50 bits per heavy atom. The second kappa shape index (κ2) is 4.30. The predicted molar refractivity (Wildman–Crippen MR) is 43.3 cm³/mol. The van der Waals surface area contributed by atoms with Crippen molar-refractivity contribution < 1.29 is 13.2 Å². The summed E-state index contributed by atoms with van der Waals surface area (Å²) in [6.45, 7) is 4.36. The van der Waals surface area contributed by atoms with Gasteiger partial charge in [0.1, 0.15) is 5.16 Å². The summed E-state index contributed by atoms with van der Waals surface area (Å²) in [4.78, 5) is 3.00. The maximum absolute atomic E-state index is 12.1. The van der Waals surface area contributed by atoms with Crippen molar-refractivity contribution in [3.05, 3.63) is 22.9 Å². The molecule has 0 amide bonds. The molecule has 0 radical (unpaired) electrons. The first kappa shape index (κ1) is 11.2. The Labute approximate surface area is 73.2 Å². The lowest BCUT2D eigenvalue weighted by Gasteiger charge is -2.07. The summed E-state index contributed by atoms with van der Waals surface area (Å²) in [5.74, 6) is 0. The fraction of sp³-hybridized carbons (Fsp3) is 0.286. The van der Waals surface area contributed by atoms with E-state index in [1.165, 1.54) is 13.0 Å². The zero-order valence-corrected chi connectivity index (χ0v) is 7.08. The number of nitrogens with zero attached hydrogens (tertiary/aromatic N) is 1. The van der Waals surface area contributed by atoms with Gasteiger partial charge in [-0.25, -0.2) is 0 Å². The fourth-order valence-electron chi connectivity index (χ4n) is 0.532. The molecule has 0 N–H and O–H groups in total. The van der Waals surface area contributed by atoms with Crippen molar-refractivity contribution in [2.45, 2.75) is 13.1 Å². The van der Waals surface area contributed by atoms with Gasteiger partial charge in [0.15, 0.2) is 0 Å². The molecule has 0 aromatic carbocycles. The van der Waals surface area contributed by atoms with Crippen LogP contribution in [0, 0.1) is 0 Å². The molecule has 0 saturated heterocycles. The summed E-state index contributed by atoms with van der Waals surface area (Å²) in [6, 6.07) is 0.